The zero-order chi connectivity index (χ0) is 49.2. The first-order valence-electron chi connectivity index (χ1n) is 20.1. The maximum Gasteiger partial charge on any atom is 0.245 e. The molecule has 2 aliphatic rings. The van der Waals surface area contributed by atoms with Crippen LogP contribution in [0.5, 0.6) is 5.75 Å². The fraction of sp³-hybridized carbons (Fsp3) is 0.514. The molecule has 2 heterocycles. The van der Waals surface area contributed by atoms with Crippen LogP contribution in [0.4, 0.5) is 0 Å². The Hall–Kier alpha value is -8.07. The predicted octanol–water partition coefficient (Wildman–Crippen LogP) is -7.47. The van der Waals surface area contributed by atoms with Crippen molar-refractivity contribution in [2.45, 2.75) is 99.7 Å². The fourth-order valence-corrected chi connectivity index (χ4v) is 6.74. The topological polar surface area (TPSA) is 486 Å². The van der Waals surface area contributed by atoms with Crippen molar-refractivity contribution in [2.75, 3.05) is 19.7 Å². The van der Waals surface area contributed by atoms with Crippen molar-refractivity contribution in [3.05, 3.63) is 40.3 Å². The molecule has 0 radical (unpaired) electrons. The number of aliphatic hydroxyl groups is 1. The minimum Gasteiger partial charge on any atom is -0.508 e. The van der Waals surface area contributed by atoms with Gasteiger partial charge in [-0.3, -0.25) is 57.5 Å². The highest BCUT2D eigenvalue weighted by molar-refractivity contribution is 6.00. The number of carbonyl (C=O) groups is 12. The Morgan fingerprint density at radius 1 is 0.652 bits per heavy atom. The van der Waals surface area contributed by atoms with Crippen LogP contribution in [0.2, 0.25) is 0 Å². The number of rotatable bonds is 13. The molecule has 17 N–H and O–H groups in total. The average molecular weight is 930 g/mol. The van der Waals surface area contributed by atoms with Crippen LogP contribution in [-0.2, 0) is 64.0 Å². The molecule has 0 saturated carbocycles. The third kappa shape index (κ3) is 15.9. The van der Waals surface area contributed by atoms with E-state index in [0.29, 0.717) is 0 Å². The number of amides is 12. The lowest BCUT2D eigenvalue weighted by atomic mass is 10.0. The van der Waals surface area contributed by atoms with Gasteiger partial charge in [0.2, 0.25) is 70.9 Å². The molecular formula is C37H51N15O14. The Balaban J connectivity index is 2.17. The molecule has 0 aliphatic carbocycles. The number of phenolic OH excluding ortho intramolecular Hbond substituents is 1. The van der Waals surface area contributed by atoms with E-state index >= 15 is 0 Å². The number of azide groups is 1. The number of hydrogen-bond acceptors (Lipinski definition) is 15. The first kappa shape index (κ1) is 52.3. The number of fused-ring (bicyclic) bond motifs is 1. The molecule has 29 nitrogen and oxygen atoms in total. The number of carbonyl (C=O) groups excluding carboxylic acids is 12. The Kier molecular flexibility index (Phi) is 19.6. The van der Waals surface area contributed by atoms with Crippen molar-refractivity contribution >= 4 is 70.9 Å². The van der Waals surface area contributed by atoms with Gasteiger partial charge in [-0.25, -0.2) is 0 Å². The van der Waals surface area contributed by atoms with Gasteiger partial charge in [-0.15, -0.1) is 0 Å². The van der Waals surface area contributed by atoms with Crippen LogP contribution in [-0.4, -0.2) is 154 Å². The van der Waals surface area contributed by atoms with Gasteiger partial charge >= 0.3 is 0 Å². The van der Waals surface area contributed by atoms with Gasteiger partial charge < -0.3 is 75.3 Å². The van der Waals surface area contributed by atoms with E-state index in [0.717, 1.165) is 4.90 Å². The Labute approximate surface area is 373 Å². The predicted molar refractivity (Wildman–Crippen MR) is 221 cm³/mol. The molecular weight excluding hydrogens is 878 g/mol. The van der Waals surface area contributed by atoms with E-state index in [1.165, 1.54) is 24.3 Å². The monoisotopic (exact) mass is 929 g/mol. The summed E-state index contributed by atoms with van der Waals surface area (Å²) in [6, 6.07) is -9.02. The van der Waals surface area contributed by atoms with Crippen LogP contribution in [0.25, 0.3) is 10.4 Å². The van der Waals surface area contributed by atoms with Crippen LogP contribution < -0.4 is 60.2 Å². The van der Waals surface area contributed by atoms with E-state index in [4.69, 9.17) is 22.9 Å². The van der Waals surface area contributed by atoms with Crippen LogP contribution in [0.15, 0.2) is 29.4 Å². The van der Waals surface area contributed by atoms with Gasteiger partial charge in [-0.2, -0.15) is 0 Å². The lowest BCUT2D eigenvalue weighted by molar-refractivity contribution is -0.143. The van der Waals surface area contributed by atoms with E-state index in [1.54, 1.807) is 0 Å². The molecule has 0 spiro atoms. The van der Waals surface area contributed by atoms with Crippen molar-refractivity contribution in [2.24, 2.45) is 28.0 Å². The average Bonchev–Trinajstić information content (AvgIpc) is 3.74. The molecule has 66 heavy (non-hydrogen) atoms. The van der Waals surface area contributed by atoms with Gasteiger partial charge in [0.1, 0.15) is 54.1 Å². The van der Waals surface area contributed by atoms with Crippen LogP contribution in [0, 0.1) is 0 Å². The van der Waals surface area contributed by atoms with Crippen LogP contribution in [0.1, 0.15) is 50.5 Å². The number of aromatic hydroxyl groups is 1. The maximum absolute atomic E-state index is 14.1. The number of nitrogens with zero attached hydrogens (tertiary/aromatic N) is 4. The number of aliphatic hydroxyl groups excluding tert-OH is 1. The number of nitrogens with one attached hydrogen (secondary N) is 7. The number of phenols is 1. The van der Waals surface area contributed by atoms with Crippen molar-refractivity contribution < 1.29 is 67.7 Å². The van der Waals surface area contributed by atoms with Crippen molar-refractivity contribution in [1.82, 2.24) is 42.1 Å². The standard InChI is InChI=1S/C37H51N15O14/c38-26(55)8-7-18-37(66)52-9-1-2-25(52)36(65)48-22(13-29(41)58)34(63)49-24(15-53)30(59)43-14-23(50-51-42)35(64)47-21(12-28(40)57)33(62)45-19(10-16-3-5-17(54)6-4-16)31(60)46-20(11-27(39)56)32(61)44-18/h3-6,18-25,53-54H,1-2,7-15H2,(H2,38,55)(H2,39,56)(H2,40,57)(H2,41,58)(H,43,59)(H,44,61)(H,45,62)(H,46,60)(H,47,64)(H,48,65)(H,49,63)/t18-,19+,20?,21-,22+,23+,24-,25-/m0/s1. The normalized spacial score (nSPS) is 25.3. The maximum atomic E-state index is 14.1. The summed E-state index contributed by atoms with van der Waals surface area (Å²) in [4.78, 5) is 161. The Bertz CT molecular complexity index is 2120. The third-order valence-electron chi connectivity index (χ3n) is 10.0. The molecule has 0 aromatic heterocycles. The molecule has 0 bridgehead atoms. The SMILES string of the molecule is [N-]=[N+]=N[C@@H]1CNC(=O)[C@H](CO)NC(=O)[C@@H](CC(N)=O)NC(=O)[C@@H]2CCCN2C(=O)[C@H](CCC(N)=O)NC(=O)C(CC(N)=O)NC(=O)[C@@H](Cc2ccc(O)cc2)NC(=O)[C@H](CC(N)=O)NC1=O. The minimum atomic E-state index is -1.93. The van der Waals surface area contributed by atoms with E-state index in [2.05, 4.69) is 47.2 Å². The van der Waals surface area contributed by atoms with Crippen molar-refractivity contribution in [3.8, 4) is 5.75 Å². The quantitative estimate of drug-likeness (QED) is 0.0497. The first-order chi connectivity index (χ1) is 31.1. The molecule has 1 aromatic rings. The second kappa shape index (κ2) is 24.7. The summed E-state index contributed by atoms with van der Waals surface area (Å²) in [5.41, 5.74) is 30.9. The third-order valence-corrected chi connectivity index (χ3v) is 10.0. The van der Waals surface area contributed by atoms with E-state index < -0.39 is 171 Å². The lowest BCUT2D eigenvalue weighted by Crippen LogP contribution is -2.60. The number of primary amides is 4. The zero-order valence-corrected chi connectivity index (χ0v) is 35.1. The van der Waals surface area contributed by atoms with Crippen LogP contribution >= 0.6 is 0 Å². The van der Waals surface area contributed by atoms with Gasteiger partial charge in [-0.1, -0.05) is 17.2 Å². The molecule has 8 atom stereocenters. The summed E-state index contributed by atoms with van der Waals surface area (Å²) in [5.74, 6) is -13.9. The highest BCUT2D eigenvalue weighted by atomic mass is 16.3. The van der Waals surface area contributed by atoms with Gasteiger partial charge in [0, 0.05) is 30.8 Å². The van der Waals surface area contributed by atoms with Crippen molar-refractivity contribution in [1.29, 1.82) is 0 Å². The second-order valence-corrected chi connectivity index (χ2v) is 15.1. The molecule has 2 fully saturated rings. The molecule has 358 valence electrons. The van der Waals surface area contributed by atoms with E-state index in [1.807, 2.05) is 0 Å². The molecule has 29 heteroatoms. The van der Waals surface area contributed by atoms with Gasteiger partial charge in [0.15, 0.2) is 0 Å². The van der Waals surface area contributed by atoms with Crippen LogP contribution in [0.3, 0.4) is 0 Å². The summed E-state index contributed by atoms with van der Waals surface area (Å²) in [6.45, 7) is -2.10. The molecule has 2 saturated heterocycles. The summed E-state index contributed by atoms with van der Waals surface area (Å²) in [7, 11) is 0. The molecule has 12 amide bonds. The highest BCUT2D eigenvalue weighted by Gasteiger charge is 2.41. The molecule has 3 rings (SSSR count). The summed E-state index contributed by atoms with van der Waals surface area (Å²) < 4.78 is 0. The summed E-state index contributed by atoms with van der Waals surface area (Å²) in [6.07, 6.45) is -3.98. The Morgan fingerprint density at radius 2 is 1.12 bits per heavy atom. The minimum absolute atomic E-state index is 0.0324. The Morgan fingerprint density at radius 3 is 1.62 bits per heavy atom. The van der Waals surface area contributed by atoms with E-state index in [-0.39, 0.29) is 30.7 Å². The largest absolute Gasteiger partial charge is 0.508 e. The molecule has 1 aromatic carbocycles. The second-order valence-electron chi connectivity index (χ2n) is 15.1. The zero-order valence-electron chi connectivity index (χ0n) is 35.1. The van der Waals surface area contributed by atoms with Gasteiger partial charge in [0.05, 0.1) is 25.9 Å². The first-order valence-corrected chi connectivity index (χ1v) is 20.1. The molecule has 1 unspecified atom stereocenters. The summed E-state index contributed by atoms with van der Waals surface area (Å²) >= 11 is 0. The smallest absolute Gasteiger partial charge is 0.245 e. The van der Waals surface area contributed by atoms with E-state index in [9.17, 15) is 73.3 Å². The number of hydrogen-bond donors (Lipinski definition) is 13. The van der Waals surface area contributed by atoms with Gasteiger partial charge in [-0.05, 0) is 42.5 Å². The van der Waals surface area contributed by atoms with Gasteiger partial charge in [0.25, 0.3) is 0 Å². The van der Waals surface area contributed by atoms with Crippen molar-refractivity contribution in [3.63, 3.8) is 0 Å². The highest BCUT2D eigenvalue weighted by Crippen LogP contribution is 2.21. The fourth-order valence-electron chi connectivity index (χ4n) is 6.74. The summed E-state index contributed by atoms with van der Waals surface area (Å²) in [5, 5.41) is 38.7. The number of nitrogens with two attached hydrogens (primary N) is 4. The lowest BCUT2D eigenvalue weighted by Gasteiger charge is -2.31. The molecule has 2 aliphatic heterocycles. The number of benzene rings is 1.